The number of aromatic hydroxyl groups is 1. The number of amides is 4. The summed E-state index contributed by atoms with van der Waals surface area (Å²) in [6.07, 6.45) is -0.246. The fraction of sp³-hybridized carbons (Fsp3) is 0.371. The standard InChI is InChI=1S/C35H41N5O7/c1-39-13-18-47-31-8-3-2-7-28(31)33(43)38-29(21-32(42)37-30(35(39)45)20-24-9-11-27(41)12-10-24)34(44)36-22-25-5-4-6-26(19-25)23-40-14-16-46-17-15-40/h2-12,19,29-30,41H,13-18,20-23H2,1H3,(H,36,44)(H,37,42)(H,38,43)/t29-,30-/m0/s1. The minimum atomic E-state index is -1.24. The number of nitrogens with zero attached hydrogens (tertiary/aromatic N) is 2. The lowest BCUT2D eigenvalue weighted by atomic mass is 10.0. The molecule has 12 heteroatoms. The summed E-state index contributed by atoms with van der Waals surface area (Å²) in [7, 11) is 1.61. The van der Waals surface area contributed by atoms with Crippen molar-refractivity contribution in [2.45, 2.75) is 38.0 Å². The highest BCUT2D eigenvalue weighted by Crippen LogP contribution is 2.19. The van der Waals surface area contributed by atoms with Gasteiger partial charge in [0.25, 0.3) is 5.91 Å². The molecular formula is C35H41N5O7. The highest BCUT2D eigenvalue weighted by atomic mass is 16.5. The van der Waals surface area contributed by atoms with Crippen LogP contribution in [0, 0.1) is 0 Å². The van der Waals surface area contributed by atoms with Crippen LogP contribution < -0.4 is 20.7 Å². The van der Waals surface area contributed by atoms with E-state index in [-0.39, 0.29) is 43.3 Å². The number of morpholine rings is 1. The minimum absolute atomic E-state index is 0.0816. The van der Waals surface area contributed by atoms with Crippen molar-refractivity contribution in [1.82, 2.24) is 25.8 Å². The average molecular weight is 644 g/mol. The van der Waals surface area contributed by atoms with E-state index >= 15 is 0 Å². The number of carbonyl (C=O) groups excluding carboxylic acids is 4. The summed E-state index contributed by atoms with van der Waals surface area (Å²) in [6, 6.07) is 18.7. The van der Waals surface area contributed by atoms with Crippen LogP contribution in [0.1, 0.15) is 33.5 Å². The number of rotatable bonds is 7. The number of para-hydroxylation sites is 1. The van der Waals surface area contributed by atoms with Gasteiger partial charge in [0.1, 0.15) is 30.2 Å². The van der Waals surface area contributed by atoms with E-state index < -0.39 is 36.2 Å². The van der Waals surface area contributed by atoms with Crippen molar-refractivity contribution in [2.24, 2.45) is 0 Å². The number of fused-ring (bicyclic) bond motifs is 1. The van der Waals surface area contributed by atoms with Gasteiger partial charge in [0.2, 0.25) is 17.7 Å². The summed E-state index contributed by atoms with van der Waals surface area (Å²) in [5.74, 6) is -1.66. The Morgan fingerprint density at radius 1 is 0.894 bits per heavy atom. The Kier molecular flexibility index (Phi) is 11.4. The first-order valence-corrected chi connectivity index (χ1v) is 15.8. The van der Waals surface area contributed by atoms with Crippen LogP contribution in [-0.2, 0) is 38.6 Å². The lowest BCUT2D eigenvalue weighted by Crippen LogP contribution is -2.53. The number of hydrogen-bond donors (Lipinski definition) is 4. The fourth-order valence-electron chi connectivity index (χ4n) is 5.57. The van der Waals surface area contributed by atoms with Gasteiger partial charge in [-0.2, -0.15) is 0 Å². The molecule has 0 unspecified atom stereocenters. The highest BCUT2D eigenvalue weighted by Gasteiger charge is 2.30. The van der Waals surface area contributed by atoms with E-state index in [2.05, 4.69) is 20.9 Å². The number of nitrogens with one attached hydrogen (secondary N) is 3. The summed E-state index contributed by atoms with van der Waals surface area (Å²) >= 11 is 0. The van der Waals surface area contributed by atoms with Crippen LogP contribution in [-0.4, -0.2) is 97.1 Å². The van der Waals surface area contributed by atoms with Crippen LogP contribution in [0.3, 0.4) is 0 Å². The Morgan fingerprint density at radius 3 is 2.43 bits per heavy atom. The predicted octanol–water partition coefficient (Wildman–Crippen LogP) is 1.61. The van der Waals surface area contributed by atoms with Crippen LogP contribution in [0.15, 0.2) is 72.8 Å². The van der Waals surface area contributed by atoms with Crippen molar-refractivity contribution < 1.29 is 33.8 Å². The topological polar surface area (TPSA) is 150 Å². The number of hydrogen-bond acceptors (Lipinski definition) is 8. The van der Waals surface area contributed by atoms with Crippen LogP contribution in [0.4, 0.5) is 0 Å². The summed E-state index contributed by atoms with van der Waals surface area (Å²) in [5, 5.41) is 18.1. The largest absolute Gasteiger partial charge is 0.508 e. The van der Waals surface area contributed by atoms with Gasteiger partial charge >= 0.3 is 0 Å². The Hall–Kier alpha value is -4.94. The number of ether oxygens (including phenoxy) is 2. The van der Waals surface area contributed by atoms with Crippen LogP contribution >= 0.6 is 0 Å². The molecule has 0 spiro atoms. The second-order valence-corrected chi connectivity index (χ2v) is 11.8. The monoisotopic (exact) mass is 643 g/mol. The van der Waals surface area contributed by atoms with Crippen molar-refractivity contribution in [3.05, 3.63) is 95.1 Å². The van der Waals surface area contributed by atoms with Crippen molar-refractivity contribution in [3.8, 4) is 11.5 Å². The molecule has 47 heavy (non-hydrogen) atoms. The number of carbonyl (C=O) groups is 4. The van der Waals surface area contributed by atoms with Gasteiger partial charge in [-0.25, -0.2) is 0 Å². The molecule has 0 saturated carbocycles. The zero-order valence-corrected chi connectivity index (χ0v) is 26.4. The Labute approximate surface area is 274 Å². The fourth-order valence-corrected chi connectivity index (χ4v) is 5.57. The quantitative estimate of drug-likeness (QED) is 0.304. The summed E-state index contributed by atoms with van der Waals surface area (Å²) in [4.78, 5) is 57.7. The molecule has 1 fully saturated rings. The molecular weight excluding hydrogens is 602 g/mol. The first kappa shape index (κ1) is 33.4. The smallest absolute Gasteiger partial charge is 0.255 e. The second-order valence-electron chi connectivity index (χ2n) is 11.8. The highest BCUT2D eigenvalue weighted by molar-refractivity contribution is 6.01. The number of likely N-dealkylation sites (N-methyl/N-ethyl adjacent to an activating group) is 1. The van der Waals surface area contributed by atoms with Crippen molar-refractivity contribution in [3.63, 3.8) is 0 Å². The lowest BCUT2D eigenvalue weighted by molar-refractivity contribution is -0.136. The van der Waals surface area contributed by atoms with Crippen molar-refractivity contribution >= 4 is 23.6 Å². The molecule has 12 nitrogen and oxygen atoms in total. The maximum absolute atomic E-state index is 13.6. The van der Waals surface area contributed by atoms with Gasteiger partial charge in [0.05, 0.1) is 31.7 Å². The zero-order valence-electron chi connectivity index (χ0n) is 26.4. The average Bonchev–Trinajstić information content (AvgIpc) is 3.07. The van der Waals surface area contributed by atoms with Crippen LogP contribution in [0.2, 0.25) is 0 Å². The Morgan fingerprint density at radius 2 is 1.64 bits per heavy atom. The SMILES string of the molecule is CN1CCOc2ccccc2C(=O)N[C@H](C(=O)NCc2cccc(CN3CCOCC3)c2)CC(=O)N[C@@H](Cc2ccc(O)cc2)C1=O. The molecule has 0 radical (unpaired) electrons. The van der Waals surface area contributed by atoms with Gasteiger partial charge in [-0.15, -0.1) is 0 Å². The van der Waals surface area contributed by atoms with Crippen LogP contribution in [0.5, 0.6) is 11.5 Å². The minimum Gasteiger partial charge on any atom is -0.508 e. The maximum Gasteiger partial charge on any atom is 0.255 e. The predicted molar refractivity (Wildman–Crippen MR) is 174 cm³/mol. The third kappa shape index (κ3) is 9.53. The van der Waals surface area contributed by atoms with E-state index in [9.17, 15) is 24.3 Å². The molecule has 0 bridgehead atoms. The van der Waals surface area contributed by atoms with Gasteiger partial charge in [-0.3, -0.25) is 24.1 Å². The normalized spacial score (nSPS) is 19.9. The molecule has 3 aromatic rings. The molecule has 248 valence electrons. The van der Waals surface area contributed by atoms with Gasteiger partial charge < -0.3 is 35.4 Å². The number of phenolic OH excluding ortho intramolecular Hbond substituents is 1. The summed E-state index contributed by atoms with van der Waals surface area (Å²) in [5.41, 5.74) is 2.91. The zero-order chi connectivity index (χ0) is 33.2. The maximum atomic E-state index is 13.6. The molecule has 5 rings (SSSR count). The van der Waals surface area contributed by atoms with Crippen molar-refractivity contribution in [2.75, 3.05) is 46.5 Å². The second kappa shape index (κ2) is 16.1. The third-order valence-corrected chi connectivity index (χ3v) is 8.18. The third-order valence-electron chi connectivity index (χ3n) is 8.18. The molecule has 4 N–H and O–H groups in total. The molecule has 4 amide bonds. The molecule has 2 atom stereocenters. The van der Waals surface area contributed by atoms with E-state index in [1.807, 2.05) is 24.3 Å². The first-order valence-electron chi connectivity index (χ1n) is 15.8. The van der Waals surface area contributed by atoms with Crippen LogP contribution in [0.25, 0.3) is 0 Å². The Balaban J connectivity index is 1.33. The number of benzene rings is 3. The van der Waals surface area contributed by atoms with Gasteiger partial charge in [-0.05, 0) is 41.0 Å². The molecule has 0 aromatic heterocycles. The molecule has 2 aliphatic rings. The van der Waals surface area contributed by atoms with Gasteiger partial charge in [0, 0.05) is 39.6 Å². The van der Waals surface area contributed by atoms with Crippen molar-refractivity contribution in [1.29, 1.82) is 0 Å². The van der Waals surface area contributed by atoms with E-state index in [0.717, 1.165) is 36.3 Å². The lowest BCUT2D eigenvalue weighted by Gasteiger charge is -2.27. The molecule has 1 saturated heterocycles. The number of phenols is 1. The van der Waals surface area contributed by atoms with E-state index in [1.165, 1.54) is 17.0 Å². The molecule has 2 aliphatic heterocycles. The van der Waals surface area contributed by atoms with E-state index in [0.29, 0.717) is 19.0 Å². The molecule has 2 heterocycles. The first-order chi connectivity index (χ1) is 22.7. The van der Waals surface area contributed by atoms with Gasteiger partial charge in [-0.1, -0.05) is 48.5 Å². The van der Waals surface area contributed by atoms with E-state index in [4.69, 9.17) is 9.47 Å². The molecule has 0 aliphatic carbocycles. The van der Waals surface area contributed by atoms with E-state index in [1.54, 1.807) is 43.4 Å². The molecule has 3 aromatic carbocycles. The summed E-state index contributed by atoms with van der Waals surface area (Å²) in [6.45, 7) is 4.38. The Bertz CT molecular complexity index is 1560. The van der Waals surface area contributed by atoms with Gasteiger partial charge in [0.15, 0.2) is 0 Å². The summed E-state index contributed by atoms with van der Waals surface area (Å²) < 4.78 is 11.3.